The molecule has 0 spiro atoms. The van der Waals surface area contributed by atoms with Crippen molar-refractivity contribution in [1.29, 1.82) is 0 Å². The highest BCUT2D eigenvalue weighted by Gasteiger charge is 1.90. The smallest absolute Gasteiger partial charge is 0.106 e. The Morgan fingerprint density at radius 2 is 1.75 bits per heavy atom. The Labute approximate surface area is 101 Å². The lowest BCUT2D eigenvalue weighted by atomic mass is 10.2. The van der Waals surface area contributed by atoms with Crippen LogP contribution in [0.2, 0.25) is 0 Å². The van der Waals surface area contributed by atoms with Crippen LogP contribution >= 0.6 is 0 Å². The first kappa shape index (κ1) is 20.5. The van der Waals surface area contributed by atoms with Crippen molar-refractivity contribution in [2.75, 3.05) is 13.2 Å². The molecule has 0 saturated carbocycles. The molecule has 0 aromatic heterocycles. The molecule has 16 heavy (non-hydrogen) atoms. The minimum Gasteiger partial charge on any atom is -0.377 e. The molecule has 0 saturated heterocycles. The summed E-state index contributed by atoms with van der Waals surface area (Å²) in [5, 5.41) is 0. The Morgan fingerprint density at radius 1 is 1.25 bits per heavy atom. The number of allylic oxidation sites excluding steroid dienone is 2. The largest absolute Gasteiger partial charge is 0.377 e. The van der Waals surface area contributed by atoms with E-state index in [0.29, 0.717) is 5.92 Å². The van der Waals surface area contributed by atoms with Crippen molar-refractivity contribution in [3.05, 3.63) is 24.3 Å². The molecule has 0 unspecified atom stereocenters. The zero-order valence-corrected chi connectivity index (χ0v) is 11.6. The molecule has 0 radical (unpaired) electrons. The van der Waals surface area contributed by atoms with Crippen LogP contribution in [0, 0.1) is 5.92 Å². The van der Waals surface area contributed by atoms with Crippen LogP contribution in [0.3, 0.4) is 0 Å². The lowest BCUT2D eigenvalue weighted by molar-refractivity contribution is -0.0979. The molecule has 0 amide bonds. The van der Waals surface area contributed by atoms with Crippen molar-refractivity contribution < 1.29 is 9.53 Å². The molecule has 0 aliphatic rings. The van der Waals surface area contributed by atoms with E-state index < -0.39 is 0 Å². The van der Waals surface area contributed by atoms with Gasteiger partial charge in [-0.1, -0.05) is 52.0 Å². The lowest BCUT2D eigenvalue weighted by Gasteiger charge is -2.02. The maximum Gasteiger partial charge on any atom is 0.106 e. The molecule has 0 atom stereocenters. The van der Waals surface area contributed by atoms with Gasteiger partial charge in [-0.2, -0.15) is 0 Å². The van der Waals surface area contributed by atoms with Crippen molar-refractivity contribution in [3.63, 3.8) is 0 Å². The van der Waals surface area contributed by atoms with Gasteiger partial charge >= 0.3 is 0 Å². The van der Waals surface area contributed by atoms with E-state index in [-0.39, 0.29) is 0 Å². The third-order valence-corrected chi connectivity index (χ3v) is 1.30. The second kappa shape index (κ2) is 19.6. The van der Waals surface area contributed by atoms with Gasteiger partial charge < -0.3 is 9.53 Å². The summed E-state index contributed by atoms with van der Waals surface area (Å²) in [6, 6.07) is 0. The first-order chi connectivity index (χ1) is 7.63. The van der Waals surface area contributed by atoms with Crippen molar-refractivity contribution in [2.45, 2.75) is 41.0 Å². The molecular weight excluding hydrogens is 200 g/mol. The summed E-state index contributed by atoms with van der Waals surface area (Å²) < 4.78 is 5.36. The van der Waals surface area contributed by atoms with Crippen molar-refractivity contribution >= 4 is 6.79 Å². The molecule has 0 aromatic rings. The summed E-state index contributed by atoms with van der Waals surface area (Å²) in [6.07, 6.45) is 5.12. The second-order valence-electron chi connectivity index (χ2n) is 3.56. The molecular formula is C14H28O2. The number of carbonyl (C=O) groups excluding carboxylic acids is 1. The van der Waals surface area contributed by atoms with Crippen LogP contribution in [0.25, 0.3) is 0 Å². The van der Waals surface area contributed by atoms with Crippen LogP contribution in [0.1, 0.15) is 41.0 Å². The van der Waals surface area contributed by atoms with E-state index in [9.17, 15) is 0 Å². The van der Waals surface area contributed by atoms with Crippen LogP contribution in [0.15, 0.2) is 24.3 Å². The monoisotopic (exact) mass is 228 g/mol. The Balaban J connectivity index is -0.000000376. The summed E-state index contributed by atoms with van der Waals surface area (Å²) in [7, 11) is 0. The van der Waals surface area contributed by atoms with Gasteiger partial charge in [-0.3, -0.25) is 0 Å². The molecule has 0 heterocycles. The zero-order chi connectivity index (χ0) is 13.4. The highest BCUT2D eigenvalue weighted by molar-refractivity contribution is 5.11. The summed E-state index contributed by atoms with van der Waals surface area (Å²) in [5.41, 5.74) is 1.19. The predicted molar refractivity (Wildman–Crippen MR) is 72.7 cm³/mol. The van der Waals surface area contributed by atoms with Crippen LogP contribution < -0.4 is 0 Å². The van der Waals surface area contributed by atoms with E-state index in [2.05, 4.69) is 32.6 Å². The number of carbonyl (C=O) groups is 1. The van der Waals surface area contributed by atoms with E-state index in [0.717, 1.165) is 19.6 Å². The molecule has 96 valence electrons. The van der Waals surface area contributed by atoms with Crippen molar-refractivity contribution in [2.24, 2.45) is 5.92 Å². The Morgan fingerprint density at radius 3 is 2.12 bits per heavy atom. The van der Waals surface area contributed by atoms with Crippen molar-refractivity contribution in [1.82, 2.24) is 0 Å². The van der Waals surface area contributed by atoms with E-state index in [1.807, 2.05) is 27.6 Å². The van der Waals surface area contributed by atoms with Crippen LogP contribution in [0.4, 0.5) is 0 Å². The predicted octanol–water partition coefficient (Wildman–Crippen LogP) is 4.02. The minimum atomic E-state index is 0.625. The van der Waals surface area contributed by atoms with Gasteiger partial charge in [-0.15, -0.1) is 0 Å². The molecule has 0 aliphatic heterocycles. The first-order valence-electron chi connectivity index (χ1n) is 5.79. The van der Waals surface area contributed by atoms with Gasteiger partial charge in [0.2, 0.25) is 0 Å². The maximum atomic E-state index is 8.00. The number of hydrogen-bond acceptors (Lipinski definition) is 2. The average Bonchev–Trinajstić information content (AvgIpc) is 2.28. The van der Waals surface area contributed by atoms with Gasteiger partial charge in [0, 0.05) is 6.61 Å². The normalized spacial score (nSPS) is 9.12. The molecule has 0 bridgehead atoms. The van der Waals surface area contributed by atoms with Gasteiger partial charge in [-0.05, 0) is 19.3 Å². The van der Waals surface area contributed by atoms with Gasteiger partial charge in [0.15, 0.2) is 0 Å². The van der Waals surface area contributed by atoms with Crippen LogP contribution in [-0.2, 0) is 9.53 Å². The Kier molecular flexibility index (Phi) is 25.2. The molecule has 0 aromatic carbocycles. The maximum absolute atomic E-state index is 8.00. The Hall–Kier alpha value is -0.890. The molecule has 0 N–H and O–H groups in total. The number of rotatable bonds is 6. The van der Waals surface area contributed by atoms with Gasteiger partial charge in [0.25, 0.3) is 0 Å². The highest BCUT2D eigenvalue weighted by atomic mass is 16.5. The fourth-order valence-corrected chi connectivity index (χ4v) is 0.724. The topological polar surface area (TPSA) is 26.3 Å². The SMILES string of the molecule is C=C(C)C/C=C\COCC(C)C.C=O.CC. The fraction of sp³-hybridized carbons (Fsp3) is 0.643. The standard InChI is InChI=1S/C11H20O.C2H6.CH2O/c1-10(2)7-5-6-8-12-9-11(3)4;2*1-2/h5-6,11H,1,7-9H2,2-4H3;1-2H3;1H2/b6-5-;;. The summed E-state index contributed by atoms with van der Waals surface area (Å²) in [6.45, 7) is 17.7. The number of ether oxygens (including phenoxy) is 1. The fourth-order valence-electron chi connectivity index (χ4n) is 0.724. The quantitative estimate of drug-likeness (QED) is 0.507. The molecule has 0 aliphatic carbocycles. The average molecular weight is 228 g/mol. The molecule has 2 nitrogen and oxygen atoms in total. The third kappa shape index (κ3) is 29.2. The van der Waals surface area contributed by atoms with E-state index in [1.165, 1.54) is 5.57 Å². The molecule has 0 rings (SSSR count). The second-order valence-corrected chi connectivity index (χ2v) is 3.56. The minimum absolute atomic E-state index is 0.625. The summed E-state index contributed by atoms with van der Waals surface area (Å²) in [5.74, 6) is 0.625. The van der Waals surface area contributed by atoms with Gasteiger partial charge in [-0.25, -0.2) is 0 Å². The van der Waals surface area contributed by atoms with Gasteiger partial charge in [0.05, 0.1) is 6.61 Å². The summed E-state index contributed by atoms with van der Waals surface area (Å²) in [4.78, 5) is 8.00. The van der Waals surface area contributed by atoms with Gasteiger partial charge in [0.1, 0.15) is 6.79 Å². The molecule has 0 fully saturated rings. The third-order valence-electron chi connectivity index (χ3n) is 1.30. The zero-order valence-electron chi connectivity index (χ0n) is 11.6. The van der Waals surface area contributed by atoms with Crippen LogP contribution in [-0.4, -0.2) is 20.0 Å². The number of hydrogen-bond donors (Lipinski definition) is 0. The first-order valence-corrected chi connectivity index (χ1v) is 5.79. The highest BCUT2D eigenvalue weighted by Crippen LogP contribution is 1.96. The molecule has 2 heteroatoms. The Bertz CT molecular complexity index is 160. The van der Waals surface area contributed by atoms with E-state index in [1.54, 1.807) is 0 Å². The lowest BCUT2D eigenvalue weighted by Crippen LogP contribution is -2.01. The van der Waals surface area contributed by atoms with E-state index >= 15 is 0 Å². The van der Waals surface area contributed by atoms with Crippen molar-refractivity contribution in [3.8, 4) is 0 Å². The van der Waals surface area contributed by atoms with Crippen LogP contribution in [0.5, 0.6) is 0 Å². The van der Waals surface area contributed by atoms with E-state index in [4.69, 9.17) is 9.53 Å². The summed E-state index contributed by atoms with van der Waals surface area (Å²) >= 11 is 0.